The van der Waals surface area contributed by atoms with Gasteiger partial charge in [0.1, 0.15) is 9.84 Å². The Morgan fingerprint density at radius 1 is 1.44 bits per heavy atom. The average molecular weight is 336 g/mol. The van der Waals surface area contributed by atoms with E-state index in [9.17, 15) is 13.2 Å². The van der Waals surface area contributed by atoms with Crippen molar-refractivity contribution in [3.8, 4) is 0 Å². The first-order valence-electron chi connectivity index (χ1n) is 5.24. The highest BCUT2D eigenvalue weighted by atomic mass is 79.9. The van der Waals surface area contributed by atoms with Crippen molar-refractivity contribution in [1.82, 2.24) is 0 Å². The highest BCUT2D eigenvalue weighted by Crippen LogP contribution is 2.24. The van der Waals surface area contributed by atoms with Crippen LogP contribution in [0.3, 0.4) is 0 Å². The summed E-state index contributed by atoms with van der Waals surface area (Å²) in [6.45, 7) is 0.407. The topological polar surface area (TPSA) is 83.5 Å². The van der Waals surface area contributed by atoms with Crippen LogP contribution >= 0.6 is 15.9 Å². The number of halogens is 1. The van der Waals surface area contributed by atoms with Crippen LogP contribution in [0.5, 0.6) is 0 Å². The Kier molecular flexibility index (Phi) is 5.15. The van der Waals surface area contributed by atoms with E-state index in [4.69, 9.17) is 5.11 Å². The van der Waals surface area contributed by atoms with Gasteiger partial charge in [-0.25, -0.2) is 13.2 Å². The van der Waals surface area contributed by atoms with Gasteiger partial charge in [-0.1, -0.05) is 6.07 Å². The number of carbonyl (C=O) groups is 1. The molecule has 1 rings (SSSR count). The Labute approximate surface area is 114 Å². The lowest BCUT2D eigenvalue weighted by molar-refractivity contribution is 0.0697. The van der Waals surface area contributed by atoms with Crippen molar-refractivity contribution in [1.29, 1.82) is 0 Å². The van der Waals surface area contributed by atoms with Gasteiger partial charge in [0.2, 0.25) is 0 Å². The van der Waals surface area contributed by atoms with Gasteiger partial charge in [0.25, 0.3) is 0 Å². The largest absolute Gasteiger partial charge is 0.478 e. The van der Waals surface area contributed by atoms with Gasteiger partial charge in [-0.05, 0) is 34.5 Å². The van der Waals surface area contributed by atoms with Gasteiger partial charge < -0.3 is 10.4 Å². The first-order chi connectivity index (χ1) is 8.31. The molecule has 0 heterocycles. The maximum atomic E-state index is 11.1. The predicted octanol–water partition coefficient (Wildman–Crippen LogP) is 1.99. The number of carboxylic acids is 1. The Bertz CT molecular complexity index is 542. The number of aromatic carboxylic acids is 1. The summed E-state index contributed by atoms with van der Waals surface area (Å²) in [4.78, 5) is 11.1. The number of hydrogen-bond donors (Lipinski definition) is 2. The molecule has 0 aliphatic rings. The van der Waals surface area contributed by atoms with Crippen molar-refractivity contribution in [3.63, 3.8) is 0 Å². The molecule has 0 aliphatic carbocycles. The van der Waals surface area contributed by atoms with E-state index in [1.807, 2.05) is 0 Å². The van der Waals surface area contributed by atoms with Crippen molar-refractivity contribution in [2.45, 2.75) is 6.42 Å². The molecule has 0 aliphatic heterocycles. The van der Waals surface area contributed by atoms with Crippen LogP contribution in [-0.2, 0) is 9.84 Å². The molecule has 18 heavy (non-hydrogen) atoms. The fraction of sp³-hybridized carbons (Fsp3) is 0.364. The van der Waals surface area contributed by atoms with E-state index in [0.29, 0.717) is 23.1 Å². The molecule has 0 aromatic heterocycles. The number of nitrogens with one attached hydrogen (secondary N) is 1. The second-order valence-electron chi connectivity index (χ2n) is 3.88. The van der Waals surface area contributed by atoms with E-state index >= 15 is 0 Å². The number of benzene rings is 1. The van der Waals surface area contributed by atoms with Crippen molar-refractivity contribution in [2.75, 3.05) is 23.9 Å². The summed E-state index contributed by atoms with van der Waals surface area (Å²) in [6.07, 6.45) is 1.61. The monoisotopic (exact) mass is 335 g/mol. The summed E-state index contributed by atoms with van der Waals surface area (Å²) < 4.78 is 22.4. The molecule has 0 saturated carbocycles. The average Bonchev–Trinajstić information content (AvgIpc) is 2.22. The fourth-order valence-corrected chi connectivity index (χ4v) is 2.65. The van der Waals surface area contributed by atoms with Crippen molar-refractivity contribution < 1.29 is 18.3 Å². The minimum absolute atomic E-state index is 0.0798. The maximum Gasteiger partial charge on any atom is 0.338 e. The van der Waals surface area contributed by atoms with Crippen molar-refractivity contribution in [2.24, 2.45) is 0 Å². The van der Waals surface area contributed by atoms with E-state index in [1.54, 1.807) is 18.2 Å². The molecule has 5 nitrogen and oxygen atoms in total. The summed E-state index contributed by atoms with van der Waals surface area (Å²) in [6, 6.07) is 5.01. The molecular weight excluding hydrogens is 322 g/mol. The zero-order valence-electron chi connectivity index (χ0n) is 9.81. The molecule has 100 valence electrons. The van der Waals surface area contributed by atoms with E-state index < -0.39 is 15.8 Å². The zero-order valence-corrected chi connectivity index (χ0v) is 12.2. The van der Waals surface area contributed by atoms with Crippen LogP contribution in [0.4, 0.5) is 5.69 Å². The number of hydrogen-bond acceptors (Lipinski definition) is 4. The molecule has 0 saturated heterocycles. The van der Waals surface area contributed by atoms with Crippen molar-refractivity contribution >= 4 is 37.4 Å². The van der Waals surface area contributed by atoms with E-state index in [1.165, 1.54) is 6.26 Å². The predicted molar refractivity (Wildman–Crippen MR) is 73.9 cm³/mol. The number of anilines is 1. The lowest BCUT2D eigenvalue weighted by Crippen LogP contribution is -2.12. The highest BCUT2D eigenvalue weighted by molar-refractivity contribution is 9.10. The second kappa shape index (κ2) is 6.19. The Balaban J connectivity index is 2.68. The molecule has 0 fully saturated rings. The van der Waals surface area contributed by atoms with E-state index in [0.717, 1.165) is 0 Å². The quantitative estimate of drug-likeness (QED) is 0.777. The third-order valence-corrected chi connectivity index (χ3v) is 3.93. The van der Waals surface area contributed by atoms with Crippen LogP contribution < -0.4 is 5.32 Å². The van der Waals surface area contributed by atoms with Crippen LogP contribution in [0.2, 0.25) is 0 Å². The molecule has 1 aromatic rings. The van der Waals surface area contributed by atoms with Gasteiger partial charge in [0.05, 0.1) is 11.3 Å². The summed E-state index contributed by atoms with van der Waals surface area (Å²) in [5.41, 5.74) is 0.627. The van der Waals surface area contributed by atoms with Gasteiger partial charge >= 0.3 is 5.97 Å². The first-order valence-corrected chi connectivity index (χ1v) is 8.10. The molecule has 0 amide bonds. The Morgan fingerprint density at radius 3 is 2.67 bits per heavy atom. The number of sulfone groups is 1. The van der Waals surface area contributed by atoms with Gasteiger partial charge in [0, 0.05) is 23.0 Å². The van der Waals surface area contributed by atoms with Crippen LogP contribution in [0.1, 0.15) is 16.8 Å². The lowest BCUT2D eigenvalue weighted by Gasteiger charge is -2.10. The van der Waals surface area contributed by atoms with Crippen LogP contribution in [-0.4, -0.2) is 38.0 Å². The van der Waals surface area contributed by atoms with Gasteiger partial charge in [0.15, 0.2) is 0 Å². The molecule has 0 bridgehead atoms. The first kappa shape index (κ1) is 15.0. The highest BCUT2D eigenvalue weighted by Gasteiger charge is 2.13. The molecule has 1 aromatic carbocycles. The standard InChI is InChI=1S/C11H14BrNO4S/c1-18(16,17)7-3-6-13-9-5-2-4-8(12)10(9)11(14)15/h2,4-5,13H,3,6-7H2,1H3,(H,14,15). The number of rotatable bonds is 6. The second-order valence-corrected chi connectivity index (χ2v) is 6.99. The Morgan fingerprint density at radius 2 is 2.11 bits per heavy atom. The third-order valence-electron chi connectivity index (χ3n) is 2.23. The van der Waals surface area contributed by atoms with Gasteiger partial charge in [-0.2, -0.15) is 0 Å². The molecule has 2 N–H and O–H groups in total. The maximum absolute atomic E-state index is 11.1. The minimum Gasteiger partial charge on any atom is -0.478 e. The third kappa shape index (κ3) is 4.66. The van der Waals surface area contributed by atoms with E-state index in [-0.39, 0.29) is 11.3 Å². The number of carboxylic acid groups (broad SMARTS) is 1. The summed E-state index contributed by atoms with van der Waals surface area (Å²) >= 11 is 3.17. The normalized spacial score (nSPS) is 11.2. The Hall–Kier alpha value is -1.08. The molecule has 0 atom stereocenters. The molecule has 0 radical (unpaired) electrons. The fourth-order valence-electron chi connectivity index (χ4n) is 1.45. The summed E-state index contributed by atoms with van der Waals surface area (Å²) in [7, 11) is -2.98. The zero-order chi connectivity index (χ0) is 13.8. The van der Waals surface area contributed by atoms with Gasteiger partial charge in [-0.15, -0.1) is 0 Å². The SMILES string of the molecule is CS(=O)(=O)CCCNc1cccc(Br)c1C(=O)O. The minimum atomic E-state index is -2.98. The van der Waals surface area contributed by atoms with Crippen LogP contribution in [0.25, 0.3) is 0 Å². The van der Waals surface area contributed by atoms with Crippen LogP contribution in [0, 0.1) is 0 Å². The summed E-state index contributed by atoms with van der Waals surface area (Å²) in [5.74, 6) is -0.954. The smallest absolute Gasteiger partial charge is 0.338 e. The van der Waals surface area contributed by atoms with E-state index in [2.05, 4.69) is 21.2 Å². The lowest BCUT2D eigenvalue weighted by atomic mass is 10.2. The van der Waals surface area contributed by atoms with Gasteiger partial charge in [-0.3, -0.25) is 0 Å². The van der Waals surface area contributed by atoms with Crippen molar-refractivity contribution in [3.05, 3.63) is 28.2 Å². The molecular formula is C11H14BrNO4S. The van der Waals surface area contributed by atoms with Crippen LogP contribution in [0.15, 0.2) is 22.7 Å². The summed E-state index contributed by atoms with van der Waals surface area (Å²) in [5, 5.41) is 12.0. The molecule has 0 spiro atoms. The molecule has 7 heteroatoms. The molecule has 0 unspecified atom stereocenters.